The van der Waals surface area contributed by atoms with Crippen molar-refractivity contribution in [3.63, 3.8) is 0 Å². The number of Topliss-reactive ketones (excluding diaryl/α,β-unsaturated/α-hetero) is 1. The van der Waals surface area contributed by atoms with Crippen LogP contribution in [0.5, 0.6) is 0 Å². The molecule has 0 aliphatic heterocycles. The lowest BCUT2D eigenvalue weighted by Gasteiger charge is -2.14. The number of hydrogen-bond donors (Lipinski definition) is 1. The van der Waals surface area contributed by atoms with E-state index in [1.54, 1.807) is 0 Å². The van der Waals surface area contributed by atoms with Gasteiger partial charge in [-0.15, -0.1) is 10.2 Å². The Bertz CT molecular complexity index is 1150. The molecule has 1 unspecified atom stereocenters. The number of nitrogens with zero attached hydrogens (tertiary/aromatic N) is 2. The molecule has 1 aromatic heterocycles. The summed E-state index contributed by atoms with van der Waals surface area (Å²) in [6.45, 7) is 0. The van der Waals surface area contributed by atoms with Crippen LogP contribution >= 0.6 is 0 Å². The Balaban J connectivity index is 1.32. The largest absolute Gasteiger partial charge is 0.417 e. The average Bonchev–Trinajstić information content (AvgIpc) is 3.39. The van der Waals surface area contributed by atoms with Gasteiger partial charge in [-0.25, -0.2) is 8.78 Å². The Kier molecular flexibility index (Phi) is 4.42. The van der Waals surface area contributed by atoms with Crippen LogP contribution in [-0.2, 0) is 17.6 Å². The highest BCUT2D eigenvalue weighted by molar-refractivity contribution is 5.96. The maximum Gasteiger partial charge on any atom is 0.309 e. The molecular weight excluding hydrogens is 392 g/mol. The first kappa shape index (κ1) is 18.6. The lowest BCUT2D eigenvalue weighted by Crippen LogP contribution is -2.43. The Labute approximate surface area is 170 Å². The summed E-state index contributed by atoms with van der Waals surface area (Å²) in [6.07, 6.45) is 0.770. The van der Waals surface area contributed by atoms with E-state index >= 15 is 0 Å². The smallest absolute Gasteiger partial charge is 0.309 e. The molecule has 5 rings (SSSR count). The highest BCUT2D eigenvalue weighted by atomic mass is 19.1. The van der Waals surface area contributed by atoms with Gasteiger partial charge in [-0.05, 0) is 41.0 Å². The lowest BCUT2D eigenvalue weighted by atomic mass is 9.99. The minimum atomic E-state index is -0.804. The fourth-order valence-electron chi connectivity index (χ4n) is 4.18. The normalized spacial score (nSPS) is 22.1. The van der Waals surface area contributed by atoms with E-state index in [1.165, 1.54) is 6.07 Å². The first-order chi connectivity index (χ1) is 14.5. The van der Waals surface area contributed by atoms with E-state index in [9.17, 15) is 18.4 Å². The van der Waals surface area contributed by atoms with E-state index in [0.29, 0.717) is 18.4 Å². The Hall–Kier alpha value is -3.42. The molecule has 1 amide bonds. The maximum absolute atomic E-state index is 14.2. The Morgan fingerprint density at radius 1 is 1.17 bits per heavy atom. The molecule has 8 heteroatoms. The van der Waals surface area contributed by atoms with E-state index in [2.05, 4.69) is 15.5 Å². The first-order valence-electron chi connectivity index (χ1n) is 9.67. The summed E-state index contributed by atoms with van der Waals surface area (Å²) >= 11 is 0. The number of rotatable bonds is 4. The average molecular weight is 409 g/mol. The van der Waals surface area contributed by atoms with Gasteiger partial charge in [-0.1, -0.05) is 30.3 Å². The molecule has 2 aliphatic rings. The van der Waals surface area contributed by atoms with Gasteiger partial charge in [-0.3, -0.25) is 9.59 Å². The summed E-state index contributed by atoms with van der Waals surface area (Å²) in [6, 6.07) is 10.7. The summed E-state index contributed by atoms with van der Waals surface area (Å²) in [4.78, 5) is 25.3. The second-order valence-corrected chi connectivity index (χ2v) is 7.72. The molecule has 1 saturated carbocycles. The van der Waals surface area contributed by atoms with Crippen LogP contribution in [-0.4, -0.2) is 27.9 Å². The fourth-order valence-corrected chi connectivity index (χ4v) is 4.18. The number of carbonyl (C=O) groups excluding carboxylic acids is 2. The van der Waals surface area contributed by atoms with Gasteiger partial charge >= 0.3 is 11.8 Å². The summed E-state index contributed by atoms with van der Waals surface area (Å²) in [5.74, 6) is -2.65. The molecule has 0 bridgehead atoms. The monoisotopic (exact) mass is 409 g/mol. The fraction of sp³-hybridized carbons (Fsp3) is 0.273. The number of nitrogens with one attached hydrogen (secondary N) is 1. The predicted molar refractivity (Wildman–Crippen MR) is 101 cm³/mol. The van der Waals surface area contributed by atoms with Crippen molar-refractivity contribution in [2.45, 2.75) is 31.2 Å². The zero-order valence-corrected chi connectivity index (χ0v) is 15.8. The second kappa shape index (κ2) is 7.12. The van der Waals surface area contributed by atoms with Crippen molar-refractivity contribution in [3.8, 4) is 0 Å². The van der Waals surface area contributed by atoms with E-state index < -0.39 is 23.6 Å². The number of fused-ring (bicyclic) bond motifs is 3. The summed E-state index contributed by atoms with van der Waals surface area (Å²) < 4.78 is 33.3. The molecule has 0 saturated heterocycles. The van der Waals surface area contributed by atoms with Crippen LogP contribution < -0.4 is 5.32 Å². The molecule has 152 valence electrons. The molecule has 1 N–H and O–H groups in total. The molecule has 3 aromatic rings. The zero-order chi connectivity index (χ0) is 20.8. The van der Waals surface area contributed by atoms with Crippen LogP contribution in [0, 0.1) is 17.6 Å². The minimum Gasteiger partial charge on any atom is -0.417 e. The van der Waals surface area contributed by atoms with Crippen LogP contribution in [0.1, 0.15) is 45.6 Å². The van der Waals surface area contributed by atoms with Gasteiger partial charge in [0.1, 0.15) is 11.6 Å². The third-order valence-electron chi connectivity index (χ3n) is 5.71. The maximum atomic E-state index is 14.2. The summed E-state index contributed by atoms with van der Waals surface area (Å²) in [5.41, 5.74) is 1.69. The van der Waals surface area contributed by atoms with Gasteiger partial charge in [-0.2, -0.15) is 0 Å². The first-order valence-corrected chi connectivity index (χ1v) is 9.67. The van der Waals surface area contributed by atoms with Gasteiger partial charge in [0.2, 0.25) is 5.89 Å². The summed E-state index contributed by atoms with van der Waals surface area (Å²) in [7, 11) is 0. The van der Waals surface area contributed by atoms with Gasteiger partial charge in [0.25, 0.3) is 0 Å². The van der Waals surface area contributed by atoms with E-state index in [4.69, 9.17) is 4.42 Å². The van der Waals surface area contributed by atoms with Gasteiger partial charge in [0.05, 0.1) is 12.5 Å². The zero-order valence-electron chi connectivity index (χ0n) is 15.8. The van der Waals surface area contributed by atoms with Gasteiger partial charge in [0, 0.05) is 12.5 Å². The third-order valence-corrected chi connectivity index (χ3v) is 5.71. The standard InChI is InChI=1S/C22H17F2N3O3/c23-12-7-13-14-9-16(14)20(18(28)10-15(13)17(24)8-12)25-21(29)22-27-26-19(30-22)6-11-4-2-1-3-5-11/h1-5,7-8,14,16,20H,6,9-10H2,(H,25,29)/t14-,16?,20-/m1/s1. The lowest BCUT2D eigenvalue weighted by molar-refractivity contribution is -0.120. The second-order valence-electron chi connectivity index (χ2n) is 7.72. The number of halogens is 2. The van der Waals surface area contributed by atoms with Gasteiger partial charge in [0.15, 0.2) is 5.78 Å². The number of benzene rings is 2. The van der Waals surface area contributed by atoms with Crippen molar-refractivity contribution in [1.29, 1.82) is 0 Å². The third kappa shape index (κ3) is 3.38. The molecule has 2 aromatic carbocycles. The predicted octanol–water partition coefficient (Wildman–Crippen LogP) is 2.97. The molecule has 6 nitrogen and oxygen atoms in total. The molecule has 3 atom stereocenters. The molecule has 30 heavy (non-hydrogen) atoms. The molecule has 0 radical (unpaired) electrons. The Morgan fingerprint density at radius 3 is 2.77 bits per heavy atom. The topological polar surface area (TPSA) is 85.1 Å². The Morgan fingerprint density at radius 2 is 1.97 bits per heavy atom. The van der Waals surface area contributed by atoms with Crippen molar-refractivity contribution >= 4 is 11.7 Å². The van der Waals surface area contributed by atoms with E-state index in [0.717, 1.165) is 11.6 Å². The van der Waals surface area contributed by atoms with Crippen molar-refractivity contribution in [2.75, 3.05) is 0 Å². The highest BCUT2D eigenvalue weighted by Crippen LogP contribution is 2.53. The molecular formula is C22H17F2N3O3. The number of amides is 1. The van der Waals surface area contributed by atoms with Crippen LogP contribution in [0.2, 0.25) is 0 Å². The van der Waals surface area contributed by atoms with Crippen molar-refractivity contribution in [1.82, 2.24) is 15.5 Å². The molecule has 1 heterocycles. The van der Waals surface area contributed by atoms with E-state index in [-0.39, 0.29) is 41.4 Å². The van der Waals surface area contributed by atoms with Crippen molar-refractivity contribution in [2.24, 2.45) is 5.92 Å². The van der Waals surface area contributed by atoms with Gasteiger partial charge < -0.3 is 9.73 Å². The van der Waals surface area contributed by atoms with Crippen LogP contribution in [0.25, 0.3) is 0 Å². The SMILES string of the molecule is O=C(N[C@H]1C(=O)Cc2c(F)cc(F)cc2[C@H]2CC21)c1nnc(Cc2ccccc2)o1. The number of ketones is 1. The van der Waals surface area contributed by atoms with Crippen molar-refractivity contribution < 1.29 is 22.8 Å². The van der Waals surface area contributed by atoms with Crippen LogP contribution in [0.3, 0.4) is 0 Å². The van der Waals surface area contributed by atoms with Crippen LogP contribution in [0.4, 0.5) is 8.78 Å². The molecule has 0 spiro atoms. The van der Waals surface area contributed by atoms with Crippen LogP contribution in [0.15, 0.2) is 46.9 Å². The molecule has 1 fully saturated rings. The summed E-state index contributed by atoms with van der Waals surface area (Å²) in [5, 5.41) is 10.3. The molecule has 2 aliphatic carbocycles. The number of carbonyl (C=O) groups is 2. The van der Waals surface area contributed by atoms with Crippen molar-refractivity contribution in [3.05, 3.63) is 82.6 Å². The number of hydrogen-bond acceptors (Lipinski definition) is 5. The highest BCUT2D eigenvalue weighted by Gasteiger charge is 2.51. The minimum absolute atomic E-state index is 0.154. The van der Waals surface area contributed by atoms with E-state index in [1.807, 2.05) is 30.3 Å². The quantitative estimate of drug-likeness (QED) is 0.716. The number of aromatic nitrogens is 2.